The van der Waals surface area contributed by atoms with E-state index in [9.17, 15) is 13.2 Å². The molecule has 0 bridgehead atoms. The van der Waals surface area contributed by atoms with E-state index in [-0.39, 0.29) is 0 Å². The Morgan fingerprint density at radius 3 is 2.09 bits per heavy atom. The van der Waals surface area contributed by atoms with Crippen molar-refractivity contribution in [3.8, 4) is 0 Å². The van der Waals surface area contributed by atoms with E-state index in [1.807, 2.05) is 0 Å². The fourth-order valence-corrected chi connectivity index (χ4v) is 3.41. The van der Waals surface area contributed by atoms with Crippen molar-refractivity contribution in [2.45, 2.75) is 10.8 Å². The van der Waals surface area contributed by atoms with Crippen molar-refractivity contribution in [2.75, 3.05) is 0 Å². The van der Waals surface area contributed by atoms with E-state index in [0.717, 1.165) is 5.32 Å². The molecule has 0 unspecified atom stereocenters. The summed E-state index contributed by atoms with van der Waals surface area (Å²) in [6.45, 7) is 0. The number of aromatic nitrogens is 1. The maximum atomic E-state index is 10.7. The second-order valence-electron chi connectivity index (χ2n) is 4.30. The van der Waals surface area contributed by atoms with Crippen LogP contribution in [0.4, 0.5) is 13.2 Å². The van der Waals surface area contributed by atoms with Crippen LogP contribution in [-0.2, 0) is 22.5 Å². The van der Waals surface area contributed by atoms with Gasteiger partial charge in [0.1, 0.15) is 0 Å². The van der Waals surface area contributed by atoms with E-state index in [2.05, 4.69) is 66.3 Å². The van der Waals surface area contributed by atoms with Crippen LogP contribution >= 0.6 is 0 Å². The molecule has 9 heteroatoms. The second-order valence-corrected chi connectivity index (χ2v) is 7.88. The van der Waals surface area contributed by atoms with Crippen LogP contribution in [0.15, 0.2) is 54.7 Å². The first-order chi connectivity index (χ1) is 10.6. The number of hydrogen-bond acceptors (Lipinski definition) is 3. The molecular weight excluding hydrogens is 398 g/mol. The monoisotopic (exact) mass is 413 g/mol. The maximum absolute atomic E-state index is 10.7. The quantitative estimate of drug-likeness (QED) is 0.328. The van der Waals surface area contributed by atoms with Gasteiger partial charge in [0.25, 0.3) is 0 Å². The fourth-order valence-electron chi connectivity index (χ4n) is 1.38. The van der Waals surface area contributed by atoms with Crippen LogP contribution in [0.1, 0.15) is 5.69 Å². The number of hydrogen-bond donors (Lipinski definition) is 0. The summed E-state index contributed by atoms with van der Waals surface area (Å²) < 4.78 is 62.6. The van der Waals surface area contributed by atoms with Crippen molar-refractivity contribution < 1.29 is 30.7 Å². The van der Waals surface area contributed by atoms with Gasteiger partial charge < -0.3 is 4.55 Å². The molecule has 23 heavy (non-hydrogen) atoms. The molecular formula is C14H14F3NO3SSe. The normalized spacial score (nSPS) is 11.5. The Bertz CT molecular complexity index is 722. The van der Waals surface area contributed by atoms with Crippen LogP contribution < -0.4 is 9.03 Å². The minimum atomic E-state index is -6.09. The van der Waals surface area contributed by atoms with Crippen LogP contribution in [0.3, 0.4) is 0 Å². The van der Waals surface area contributed by atoms with Gasteiger partial charge in [-0.2, -0.15) is 13.2 Å². The van der Waals surface area contributed by atoms with Gasteiger partial charge in [0, 0.05) is 0 Å². The number of benzene rings is 1. The number of alkyl halides is 3. The van der Waals surface area contributed by atoms with Gasteiger partial charge in [0.05, 0.1) is 0 Å². The molecule has 0 saturated carbocycles. The number of rotatable bonds is 3. The summed E-state index contributed by atoms with van der Waals surface area (Å²) in [5.41, 5.74) is -4.24. The van der Waals surface area contributed by atoms with E-state index < -0.39 is 15.6 Å². The summed E-state index contributed by atoms with van der Waals surface area (Å²) in [6.07, 6.45) is 2.11. The van der Waals surface area contributed by atoms with E-state index >= 15 is 0 Å². The smallest absolute Gasteiger partial charge is 0.485 e. The van der Waals surface area contributed by atoms with Crippen molar-refractivity contribution in [3.63, 3.8) is 0 Å². The number of aryl methyl sites for hydroxylation is 1. The Morgan fingerprint density at radius 1 is 1.09 bits per heavy atom. The molecule has 2 rings (SSSR count). The Morgan fingerprint density at radius 2 is 1.61 bits per heavy atom. The molecule has 0 fully saturated rings. The van der Waals surface area contributed by atoms with E-state index in [1.165, 1.54) is 10.2 Å². The summed E-state index contributed by atoms with van der Waals surface area (Å²) >= 11 is 0.542. The minimum absolute atomic E-state index is 0.542. The van der Waals surface area contributed by atoms with E-state index in [1.54, 1.807) is 0 Å². The first kappa shape index (κ1) is 19.6. The largest absolute Gasteiger partial charge is 0.741 e. The Hall–Kier alpha value is -1.41. The Balaban J connectivity index is 0.000000284. The number of nitrogens with zero attached hydrogens (tertiary/aromatic N) is 1. The van der Waals surface area contributed by atoms with Gasteiger partial charge >= 0.3 is 102 Å². The third-order valence-corrected chi connectivity index (χ3v) is 5.34. The van der Waals surface area contributed by atoms with Gasteiger partial charge in [-0.1, -0.05) is 0 Å². The number of pyridine rings is 1. The van der Waals surface area contributed by atoms with Crippen LogP contribution in [0.5, 0.6) is 0 Å². The van der Waals surface area contributed by atoms with Crippen LogP contribution in [-0.4, -0.2) is 33.4 Å². The molecule has 0 aliphatic rings. The van der Waals surface area contributed by atoms with Crippen molar-refractivity contribution in [1.82, 2.24) is 0 Å². The first-order valence-electron chi connectivity index (χ1n) is 6.25. The molecule has 0 radical (unpaired) electrons. The van der Waals surface area contributed by atoms with Gasteiger partial charge in [0.15, 0.2) is 10.1 Å². The fraction of sp³-hybridized carbons (Fsp3) is 0.214. The first-order valence-corrected chi connectivity index (χ1v) is 9.72. The second kappa shape index (κ2) is 8.44. The zero-order valence-electron chi connectivity index (χ0n) is 12.0. The average Bonchev–Trinajstić information content (AvgIpc) is 2.46. The standard InChI is InChI=1S/C13H14NSe.CHF3O3S/c1-14-10-6-5-7-12(14)11-15-13-8-3-2-4-9-13;2-1(3,4)8(5,6)7/h2-10H,11H2,1H3;(H,5,6,7)/q+1;/p-1. The summed E-state index contributed by atoms with van der Waals surface area (Å²) in [4.78, 5) is 0. The van der Waals surface area contributed by atoms with Crippen LogP contribution in [0.25, 0.3) is 0 Å². The molecule has 0 atom stereocenters. The molecule has 0 aliphatic heterocycles. The van der Waals surface area contributed by atoms with Crippen LogP contribution in [0, 0.1) is 0 Å². The summed E-state index contributed by atoms with van der Waals surface area (Å²) in [7, 11) is -3.98. The van der Waals surface area contributed by atoms with E-state index in [4.69, 9.17) is 13.0 Å². The molecule has 1 aromatic heterocycles. The molecule has 0 amide bonds. The van der Waals surface area contributed by atoms with Gasteiger partial charge in [-0.3, -0.25) is 0 Å². The average molecular weight is 412 g/mol. The zero-order valence-corrected chi connectivity index (χ0v) is 14.6. The number of halogens is 3. The summed E-state index contributed by atoms with van der Waals surface area (Å²) in [6, 6.07) is 17.1. The predicted octanol–water partition coefficient (Wildman–Crippen LogP) is 1.09. The molecule has 126 valence electrons. The topological polar surface area (TPSA) is 61.1 Å². The molecule has 0 saturated heterocycles. The summed E-state index contributed by atoms with van der Waals surface area (Å²) in [5, 5.41) is 1.16. The minimum Gasteiger partial charge on any atom is -0.741 e. The van der Waals surface area contributed by atoms with Gasteiger partial charge in [0.2, 0.25) is 0 Å². The molecule has 2 aromatic rings. The molecule has 0 aliphatic carbocycles. The SMILES string of the molecule is C[n+]1ccccc1C[Se]c1ccccc1.O=S(=O)([O-])C(F)(F)F. The van der Waals surface area contributed by atoms with Crippen molar-refractivity contribution in [1.29, 1.82) is 0 Å². The van der Waals surface area contributed by atoms with Gasteiger partial charge in [-0.05, 0) is 0 Å². The zero-order chi connectivity index (χ0) is 17.5. The summed E-state index contributed by atoms with van der Waals surface area (Å²) in [5.74, 6) is 0. The van der Waals surface area contributed by atoms with E-state index in [0.29, 0.717) is 15.0 Å². The third kappa shape index (κ3) is 7.13. The maximum Gasteiger partial charge on any atom is 0.485 e. The Kier molecular flexibility index (Phi) is 7.21. The predicted molar refractivity (Wildman–Crippen MR) is 78.9 cm³/mol. The van der Waals surface area contributed by atoms with Crippen LogP contribution in [0.2, 0.25) is 0 Å². The van der Waals surface area contributed by atoms with Gasteiger partial charge in [-0.15, -0.1) is 0 Å². The van der Waals surface area contributed by atoms with Crippen molar-refractivity contribution in [3.05, 3.63) is 60.4 Å². The molecule has 1 aromatic carbocycles. The van der Waals surface area contributed by atoms with Gasteiger partial charge in [-0.25, -0.2) is 8.42 Å². The van der Waals surface area contributed by atoms with Crippen molar-refractivity contribution in [2.24, 2.45) is 7.05 Å². The third-order valence-electron chi connectivity index (χ3n) is 2.58. The molecule has 0 spiro atoms. The molecule has 1 heterocycles. The molecule has 4 nitrogen and oxygen atoms in total. The van der Waals surface area contributed by atoms with Crippen molar-refractivity contribution >= 4 is 29.5 Å². The molecule has 0 N–H and O–H groups in total. The Labute approximate surface area is 138 Å².